The predicted octanol–water partition coefficient (Wildman–Crippen LogP) is 1.56. The lowest BCUT2D eigenvalue weighted by atomic mass is 9.88. The summed E-state index contributed by atoms with van der Waals surface area (Å²) in [4.78, 5) is 5.69. The van der Waals surface area contributed by atoms with Gasteiger partial charge in [0.2, 0.25) is 0 Å². The van der Waals surface area contributed by atoms with Gasteiger partial charge in [-0.05, 0) is 34.0 Å². The molecule has 0 aliphatic heterocycles. The van der Waals surface area contributed by atoms with E-state index in [1.165, 1.54) is 6.20 Å². The zero-order valence-electron chi connectivity index (χ0n) is 9.66. The molecule has 0 saturated heterocycles. The van der Waals surface area contributed by atoms with Crippen molar-refractivity contribution in [1.82, 2.24) is 9.88 Å². The highest BCUT2D eigenvalue weighted by atomic mass is 19.1. The van der Waals surface area contributed by atoms with Gasteiger partial charge in [-0.2, -0.15) is 0 Å². The third kappa shape index (κ3) is 2.33. The van der Waals surface area contributed by atoms with Gasteiger partial charge in [0, 0.05) is 17.3 Å². The topological polar surface area (TPSA) is 42.1 Å². The molecule has 0 amide bonds. The van der Waals surface area contributed by atoms with Crippen molar-refractivity contribution in [3.05, 3.63) is 29.8 Å². The summed E-state index contributed by atoms with van der Waals surface area (Å²) >= 11 is 0. The van der Waals surface area contributed by atoms with Crippen molar-refractivity contribution < 1.29 is 4.39 Å². The highest BCUT2D eigenvalue weighted by Gasteiger charge is 2.31. The van der Waals surface area contributed by atoms with Crippen LogP contribution in [0, 0.1) is 5.82 Å². The summed E-state index contributed by atoms with van der Waals surface area (Å²) in [5, 5.41) is 0. The Morgan fingerprint density at radius 1 is 1.47 bits per heavy atom. The van der Waals surface area contributed by atoms with Crippen molar-refractivity contribution in [1.29, 1.82) is 0 Å². The first-order valence-electron chi connectivity index (χ1n) is 4.89. The molecule has 0 aliphatic rings. The van der Waals surface area contributed by atoms with Gasteiger partial charge < -0.3 is 10.6 Å². The number of halogens is 1. The lowest BCUT2D eigenvalue weighted by Gasteiger charge is -2.38. The van der Waals surface area contributed by atoms with Gasteiger partial charge in [0.1, 0.15) is 5.82 Å². The molecule has 1 rings (SSSR count). The van der Waals surface area contributed by atoms with Crippen molar-refractivity contribution in [2.45, 2.75) is 25.4 Å². The van der Waals surface area contributed by atoms with Crippen LogP contribution in [0.25, 0.3) is 0 Å². The standard InChI is InChI=1S/C11H18FN3/c1-11(2,15(3)4)10(13)8-5-6-14-7-9(8)12/h5-7,10H,13H2,1-4H3. The van der Waals surface area contributed by atoms with Crippen LogP contribution in [0.2, 0.25) is 0 Å². The first kappa shape index (κ1) is 12.1. The fourth-order valence-electron chi connectivity index (χ4n) is 1.30. The molecule has 0 saturated carbocycles. The number of nitrogens with zero attached hydrogens (tertiary/aromatic N) is 2. The summed E-state index contributed by atoms with van der Waals surface area (Å²) in [5.74, 6) is -0.347. The Morgan fingerprint density at radius 3 is 2.53 bits per heavy atom. The fraction of sp³-hybridized carbons (Fsp3) is 0.545. The Hall–Kier alpha value is -1.00. The number of pyridine rings is 1. The van der Waals surface area contributed by atoms with Crippen LogP contribution in [0.3, 0.4) is 0 Å². The SMILES string of the molecule is CN(C)C(C)(C)C(N)c1ccncc1F. The summed E-state index contributed by atoms with van der Waals surface area (Å²) < 4.78 is 13.5. The highest BCUT2D eigenvalue weighted by molar-refractivity contribution is 5.20. The first-order valence-corrected chi connectivity index (χ1v) is 4.89. The molecule has 1 atom stereocenters. The summed E-state index contributed by atoms with van der Waals surface area (Å²) in [6.07, 6.45) is 2.75. The third-order valence-corrected chi connectivity index (χ3v) is 3.05. The monoisotopic (exact) mass is 211 g/mol. The van der Waals surface area contributed by atoms with Crippen LogP contribution in [0.15, 0.2) is 18.5 Å². The van der Waals surface area contributed by atoms with Crippen LogP contribution in [-0.2, 0) is 0 Å². The van der Waals surface area contributed by atoms with Crippen LogP contribution in [0.5, 0.6) is 0 Å². The molecule has 3 nitrogen and oxygen atoms in total. The second kappa shape index (κ2) is 4.24. The average Bonchev–Trinajstić information content (AvgIpc) is 2.17. The summed E-state index contributed by atoms with van der Waals surface area (Å²) in [6.45, 7) is 3.97. The van der Waals surface area contributed by atoms with E-state index in [-0.39, 0.29) is 17.4 Å². The summed E-state index contributed by atoms with van der Waals surface area (Å²) in [7, 11) is 3.86. The summed E-state index contributed by atoms with van der Waals surface area (Å²) in [6, 6.07) is 1.25. The molecule has 1 aromatic heterocycles. The number of rotatable bonds is 3. The maximum Gasteiger partial charge on any atom is 0.146 e. The lowest BCUT2D eigenvalue weighted by molar-refractivity contribution is 0.157. The normalized spacial score (nSPS) is 14.3. The molecule has 0 aliphatic carbocycles. The van der Waals surface area contributed by atoms with Crippen LogP contribution >= 0.6 is 0 Å². The molecule has 0 bridgehead atoms. The average molecular weight is 211 g/mol. The molecular weight excluding hydrogens is 193 g/mol. The Bertz CT molecular complexity index is 336. The Kier molecular flexibility index (Phi) is 3.42. The molecule has 4 heteroatoms. The molecule has 15 heavy (non-hydrogen) atoms. The van der Waals surface area contributed by atoms with E-state index in [1.807, 2.05) is 32.8 Å². The van der Waals surface area contributed by atoms with Gasteiger partial charge in [-0.1, -0.05) is 0 Å². The first-order chi connectivity index (χ1) is 6.87. The molecule has 0 spiro atoms. The molecule has 84 valence electrons. The van der Waals surface area contributed by atoms with Gasteiger partial charge in [0.05, 0.1) is 12.2 Å². The number of nitrogens with two attached hydrogens (primary N) is 1. The Morgan fingerprint density at radius 2 is 2.07 bits per heavy atom. The van der Waals surface area contributed by atoms with Gasteiger partial charge in [-0.15, -0.1) is 0 Å². The van der Waals surface area contributed by atoms with Gasteiger partial charge in [0.25, 0.3) is 0 Å². The van der Waals surface area contributed by atoms with Crippen molar-refractivity contribution >= 4 is 0 Å². The van der Waals surface area contributed by atoms with E-state index in [2.05, 4.69) is 4.98 Å². The molecule has 1 aromatic rings. The zero-order valence-corrected chi connectivity index (χ0v) is 9.66. The molecule has 0 radical (unpaired) electrons. The van der Waals surface area contributed by atoms with Crippen LogP contribution < -0.4 is 5.73 Å². The van der Waals surface area contributed by atoms with E-state index < -0.39 is 0 Å². The van der Waals surface area contributed by atoms with Gasteiger partial charge in [-0.3, -0.25) is 4.98 Å². The van der Waals surface area contributed by atoms with Crippen LogP contribution in [0.4, 0.5) is 4.39 Å². The minimum atomic E-state index is -0.379. The molecule has 1 unspecified atom stereocenters. The van der Waals surface area contributed by atoms with E-state index in [0.29, 0.717) is 5.56 Å². The van der Waals surface area contributed by atoms with Crippen LogP contribution in [0.1, 0.15) is 25.5 Å². The van der Waals surface area contributed by atoms with Crippen molar-refractivity contribution in [2.75, 3.05) is 14.1 Å². The van der Waals surface area contributed by atoms with E-state index in [4.69, 9.17) is 5.73 Å². The fourth-order valence-corrected chi connectivity index (χ4v) is 1.30. The van der Waals surface area contributed by atoms with Gasteiger partial charge >= 0.3 is 0 Å². The maximum atomic E-state index is 13.5. The van der Waals surface area contributed by atoms with E-state index in [9.17, 15) is 4.39 Å². The third-order valence-electron chi connectivity index (χ3n) is 3.05. The number of likely N-dealkylation sites (N-methyl/N-ethyl adjacent to an activating group) is 1. The number of hydrogen-bond acceptors (Lipinski definition) is 3. The second-order valence-corrected chi connectivity index (χ2v) is 4.42. The quantitative estimate of drug-likeness (QED) is 0.825. The number of hydrogen-bond donors (Lipinski definition) is 1. The smallest absolute Gasteiger partial charge is 0.146 e. The maximum absolute atomic E-state index is 13.5. The molecular formula is C11H18FN3. The number of aromatic nitrogens is 1. The van der Waals surface area contributed by atoms with Crippen molar-refractivity contribution in [2.24, 2.45) is 5.73 Å². The Balaban J connectivity index is 3.04. The minimum absolute atomic E-state index is 0.303. The van der Waals surface area contributed by atoms with Crippen molar-refractivity contribution in [3.8, 4) is 0 Å². The van der Waals surface area contributed by atoms with E-state index in [1.54, 1.807) is 12.3 Å². The lowest BCUT2D eigenvalue weighted by Crippen LogP contribution is -2.47. The molecule has 0 fully saturated rings. The van der Waals surface area contributed by atoms with Gasteiger partial charge in [0.15, 0.2) is 0 Å². The second-order valence-electron chi connectivity index (χ2n) is 4.42. The minimum Gasteiger partial charge on any atom is -0.322 e. The largest absolute Gasteiger partial charge is 0.322 e. The molecule has 1 heterocycles. The van der Waals surface area contributed by atoms with Gasteiger partial charge in [-0.25, -0.2) is 4.39 Å². The van der Waals surface area contributed by atoms with Crippen molar-refractivity contribution in [3.63, 3.8) is 0 Å². The van der Waals surface area contributed by atoms with E-state index >= 15 is 0 Å². The molecule has 2 N–H and O–H groups in total. The highest BCUT2D eigenvalue weighted by Crippen LogP contribution is 2.28. The zero-order chi connectivity index (χ0) is 11.6. The predicted molar refractivity (Wildman–Crippen MR) is 58.9 cm³/mol. The Labute approximate surface area is 90.1 Å². The summed E-state index contributed by atoms with van der Waals surface area (Å²) in [5.41, 5.74) is 6.27. The molecule has 0 aromatic carbocycles. The van der Waals surface area contributed by atoms with Crippen LogP contribution in [-0.4, -0.2) is 29.5 Å². The van der Waals surface area contributed by atoms with E-state index in [0.717, 1.165) is 0 Å².